The molecule has 1 aliphatic heterocycles. The van der Waals surface area contributed by atoms with E-state index in [-0.39, 0.29) is 5.75 Å². The zero-order chi connectivity index (χ0) is 18.2. The van der Waals surface area contributed by atoms with Gasteiger partial charge in [0.15, 0.2) is 0 Å². The minimum absolute atomic E-state index is 0.251. The predicted molar refractivity (Wildman–Crippen MR) is 99.9 cm³/mol. The largest absolute Gasteiger partial charge is 0.477 e. The van der Waals surface area contributed by atoms with E-state index >= 15 is 0 Å². The highest BCUT2D eigenvalue weighted by atomic mass is 32.2. The standard InChI is InChI=1S/C18H21NO4S2/c1-12-13(2)24-17(18(20)21)16(12)15-6-4-14(5-7-15)8-10-19-9-3-11-25(19,22)23/h4-7H,3,8-11H2,1-2H3,(H,20,21). The van der Waals surface area contributed by atoms with E-state index in [1.54, 1.807) is 4.31 Å². The molecular weight excluding hydrogens is 358 g/mol. The molecule has 134 valence electrons. The number of aryl methyl sites for hydroxylation is 1. The normalized spacial score (nSPS) is 17.0. The number of carboxylic acid groups (broad SMARTS) is 1. The molecule has 0 unspecified atom stereocenters. The van der Waals surface area contributed by atoms with Gasteiger partial charge < -0.3 is 5.11 Å². The first-order valence-electron chi connectivity index (χ1n) is 8.20. The molecule has 2 heterocycles. The summed E-state index contributed by atoms with van der Waals surface area (Å²) in [5, 5.41) is 9.42. The molecule has 0 amide bonds. The van der Waals surface area contributed by atoms with Crippen molar-refractivity contribution in [2.24, 2.45) is 0 Å². The Hall–Kier alpha value is -1.70. The van der Waals surface area contributed by atoms with E-state index in [1.807, 2.05) is 38.1 Å². The summed E-state index contributed by atoms with van der Waals surface area (Å²) in [5.41, 5.74) is 3.71. The lowest BCUT2D eigenvalue weighted by Gasteiger charge is -2.14. The summed E-state index contributed by atoms with van der Waals surface area (Å²) in [7, 11) is -3.06. The number of sulfonamides is 1. The van der Waals surface area contributed by atoms with Crippen LogP contribution in [-0.4, -0.2) is 42.6 Å². The van der Waals surface area contributed by atoms with Crippen LogP contribution in [0.5, 0.6) is 0 Å². The first-order valence-corrected chi connectivity index (χ1v) is 10.6. The number of hydrogen-bond donors (Lipinski definition) is 1. The molecule has 1 aliphatic rings. The predicted octanol–water partition coefficient (Wildman–Crippen LogP) is 3.31. The van der Waals surface area contributed by atoms with Crippen LogP contribution >= 0.6 is 11.3 Å². The van der Waals surface area contributed by atoms with Gasteiger partial charge in [-0.3, -0.25) is 0 Å². The lowest BCUT2D eigenvalue weighted by Crippen LogP contribution is -2.27. The Morgan fingerprint density at radius 2 is 1.92 bits per heavy atom. The number of rotatable bonds is 5. The van der Waals surface area contributed by atoms with Crippen molar-refractivity contribution in [3.63, 3.8) is 0 Å². The van der Waals surface area contributed by atoms with Gasteiger partial charge in [-0.05, 0) is 43.4 Å². The highest BCUT2D eigenvalue weighted by Gasteiger charge is 2.27. The van der Waals surface area contributed by atoms with E-state index in [2.05, 4.69) is 0 Å². The molecule has 1 aromatic carbocycles. The van der Waals surface area contributed by atoms with E-state index in [1.165, 1.54) is 11.3 Å². The molecule has 0 atom stereocenters. The second-order valence-corrected chi connectivity index (χ2v) is 9.62. The van der Waals surface area contributed by atoms with Gasteiger partial charge in [0.25, 0.3) is 0 Å². The monoisotopic (exact) mass is 379 g/mol. The number of aromatic carboxylic acids is 1. The first kappa shape index (κ1) is 18.1. The van der Waals surface area contributed by atoms with Gasteiger partial charge in [-0.1, -0.05) is 24.3 Å². The van der Waals surface area contributed by atoms with Crippen molar-refractivity contribution in [3.8, 4) is 11.1 Å². The Labute approximate surface area is 152 Å². The van der Waals surface area contributed by atoms with Crippen LogP contribution in [0.2, 0.25) is 0 Å². The van der Waals surface area contributed by atoms with Crippen molar-refractivity contribution in [2.45, 2.75) is 26.7 Å². The average Bonchev–Trinajstić information content (AvgIpc) is 3.05. The molecule has 1 saturated heterocycles. The highest BCUT2D eigenvalue weighted by molar-refractivity contribution is 7.89. The fourth-order valence-corrected chi connectivity index (χ4v) is 5.71. The zero-order valence-electron chi connectivity index (χ0n) is 14.3. The van der Waals surface area contributed by atoms with E-state index in [0.717, 1.165) is 27.1 Å². The fraction of sp³-hybridized carbons (Fsp3) is 0.389. The fourth-order valence-electron chi connectivity index (χ4n) is 3.16. The van der Waals surface area contributed by atoms with Crippen LogP contribution < -0.4 is 0 Å². The summed E-state index contributed by atoms with van der Waals surface area (Å²) in [6, 6.07) is 7.76. The summed E-state index contributed by atoms with van der Waals surface area (Å²) in [4.78, 5) is 12.9. The van der Waals surface area contributed by atoms with Crippen molar-refractivity contribution in [1.82, 2.24) is 4.31 Å². The summed E-state index contributed by atoms with van der Waals surface area (Å²) in [6.07, 6.45) is 1.36. The van der Waals surface area contributed by atoms with Crippen LogP contribution in [0, 0.1) is 13.8 Å². The van der Waals surface area contributed by atoms with Gasteiger partial charge in [0.05, 0.1) is 5.75 Å². The minimum atomic E-state index is -3.06. The Morgan fingerprint density at radius 3 is 2.48 bits per heavy atom. The molecule has 0 saturated carbocycles. The summed E-state index contributed by atoms with van der Waals surface area (Å²) >= 11 is 1.30. The van der Waals surface area contributed by atoms with E-state index in [9.17, 15) is 18.3 Å². The van der Waals surface area contributed by atoms with Crippen molar-refractivity contribution in [3.05, 3.63) is 45.1 Å². The molecule has 1 aromatic heterocycles. The molecule has 7 heteroatoms. The topological polar surface area (TPSA) is 74.7 Å². The number of hydrogen-bond acceptors (Lipinski definition) is 4. The van der Waals surface area contributed by atoms with Crippen molar-refractivity contribution < 1.29 is 18.3 Å². The van der Waals surface area contributed by atoms with Crippen LogP contribution in [0.1, 0.15) is 32.1 Å². The summed E-state index contributed by atoms with van der Waals surface area (Å²) in [5.74, 6) is -0.653. The maximum Gasteiger partial charge on any atom is 0.346 e. The number of benzene rings is 1. The minimum Gasteiger partial charge on any atom is -0.477 e. The summed E-state index contributed by atoms with van der Waals surface area (Å²) < 4.78 is 25.2. The van der Waals surface area contributed by atoms with Gasteiger partial charge >= 0.3 is 5.97 Å². The number of carboxylic acids is 1. The van der Waals surface area contributed by atoms with Gasteiger partial charge in [0, 0.05) is 23.5 Å². The molecule has 0 spiro atoms. The number of carbonyl (C=O) groups is 1. The van der Waals surface area contributed by atoms with Crippen molar-refractivity contribution >= 4 is 27.3 Å². The molecule has 0 radical (unpaired) electrons. The highest BCUT2D eigenvalue weighted by Crippen LogP contribution is 2.36. The Morgan fingerprint density at radius 1 is 1.24 bits per heavy atom. The zero-order valence-corrected chi connectivity index (χ0v) is 15.9. The second kappa shape index (κ2) is 6.90. The molecule has 0 aliphatic carbocycles. The maximum atomic E-state index is 11.8. The molecule has 3 rings (SSSR count). The average molecular weight is 380 g/mol. The molecule has 25 heavy (non-hydrogen) atoms. The Kier molecular flexibility index (Phi) is 4.99. The quantitative estimate of drug-likeness (QED) is 0.865. The van der Waals surface area contributed by atoms with Crippen LogP contribution in [0.3, 0.4) is 0 Å². The number of thiophene rings is 1. The lowest BCUT2D eigenvalue weighted by atomic mass is 9.99. The lowest BCUT2D eigenvalue weighted by molar-refractivity contribution is 0.0703. The van der Waals surface area contributed by atoms with Crippen LogP contribution in [-0.2, 0) is 16.4 Å². The van der Waals surface area contributed by atoms with E-state index < -0.39 is 16.0 Å². The molecular formula is C18H21NO4S2. The van der Waals surface area contributed by atoms with E-state index in [4.69, 9.17) is 0 Å². The van der Waals surface area contributed by atoms with Crippen LogP contribution in [0.4, 0.5) is 0 Å². The van der Waals surface area contributed by atoms with Crippen molar-refractivity contribution in [1.29, 1.82) is 0 Å². The van der Waals surface area contributed by atoms with Crippen LogP contribution in [0.15, 0.2) is 24.3 Å². The van der Waals surface area contributed by atoms with Crippen LogP contribution in [0.25, 0.3) is 11.1 Å². The maximum absolute atomic E-state index is 11.8. The molecule has 5 nitrogen and oxygen atoms in total. The second-order valence-electron chi connectivity index (χ2n) is 6.31. The van der Waals surface area contributed by atoms with Gasteiger partial charge in [0.2, 0.25) is 10.0 Å². The molecule has 1 fully saturated rings. The van der Waals surface area contributed by atoms with Crippen molar-refractivity contribution in [2.75, 3.05) is 18.8 Å². The molecule has 2 aromatic rings. The third kappa shape index (κ3) is 3.63. The Bertz CT molecular complexity index is 898. The smallest absolute Gasteiger partial charge is 0.346 e. The van der Waals surface area contributed by atoms with Gasteiger partial charge in [-0.25, -0.2) is 17.5 Å². The SMILES string of the molecule is Cc1sc(C(=O)O)c(-c2ccc(CCN3CCCS3(=O)=O)cc2)c1C. The first-order chi connectivity index (χ1) is 11.8. The molecule has 1 N–H and O–H groups in total. The van der Waals surface area contributed by atoms with Gasteiger partial charge in [-0.2, -0.15) is 0 Å². The third-order valence-corrected chi connectivity index (χ3v) is 7.83. The van der Waals surface area contributed by atoms with E-state index in [0.29, 0.717) is 30.8 Å². The third-order valence-electron chi connectivity index (χ3n) is 4.68. The summed E-state index contributed by atoms with van der Waals surface area (Å²) in [6.45, 7) is 4.98. The number of nitrogens with zero attached hydrogens (tertiary/aromatic N) is 1. The Balaban J connectivity index is 1.78. The van der Waals surface area contributed by atoms with Gasteiger partial charge in [-0.15, -0.1) is 11.3 Å². The molecule has 0 bridgehead atoms. The van der Waals surface area contributed by atoms with Gasteiger partial charge in [0.1, 0.15) is 4.88 Å².